The van der Waals surface area contributed by atoms with Gasteiger partial charge in [0.05, 0.1) is 0 Å². The lowest BCUT2D eigenvalue weighted by Gasteiger charge is -2.11. The van der Waals surface area contributed by atoms with Gasteiger partial charge in [-0.15, -0.1) is 0 Å². The molecule has 3 nitrogen and oxygen atoms in total. The number of aryl methyl sites for hydroxylation is 1. The van der Waals surface area contributed by atoms with Crippen molar-refractivity contribution in [2.45, 2.75) is 13.5 Å². The minimum atomic E-state index is 0.270. The summed E-state index contributed by atoms with van der Waals surface area (Å²) < 4.78 is 5.75. The van der Waals surface area contributed by atoms with Gasteiger partial charge in [0.15, 0.2) is 0 Å². The SMILES string of the molecule is Cc1cc(Cl)ccc1OCc1cccnc1C(N)=S. The Bertz CT molecular complexity index is 616. The van der Waals surface area contributed by atoms with Crippen molar-refractivity contribution in [2.75, 3.05) is 0 Å². The molecule has 0 fully saturated rings. The van der Waals surface area contributed by atoms with E-state index in [-0.39, 0.29) is 4.99 Å². The van der Waals surface area contributed by atoms with E-state index >= 15 is 0 Å². The fourth-order valence-electron chi connectivity index (χ4n) is 1.71. The quantitative estimate of drug-likeness (QED) is 0.879. The normalized spacial score (nSPS) is 10.2. The monoisotopic (exact) mass is 292 g/mol. The molecule has 19 heavy (non-hydrogen) atoms. The van der Waals surface area contributed by atoms with Gasteiger partial charge in [-0.2, -0.15) is 0 Å². The van der Waals surface area contributed by atoms with Gasteiger partial charge in [0.1, 0.15) is 23.0 Å². The van der Waals surface area contributed by atoms with E-state index in [0.29, 0.717) is 17.3 Å². The number of thiocarbonyl (C=S) groups is 1. The van der Waals surface area contributed by atoms with Crippen LogP contribution >= 0.6 is 23.8 Å². The Kier molecular flexibility index (Phi) is 4.35. The molecule has 98 valence electrons. The summed E-state index contributed by atoms with van der Waals surface area (Å²) in [5.41, 5.74) is 8.08. The van der Waals surface area contributed by atoms with Gasteiger partial charge in [0.2, 0.25) is 0 Å². The lowest BCUT2D eigenvalue weighted by atomic mass is 10.2. The summed E-state index contributed by atoms with van der Waals surface area (Å²) in [4.78, 5) is 4.43. The molecule has 2 N–H and O–H groups in total. The van der Waals surface area contributed by atoms with Gasteiger partial charge in [-0.3, -0.25) is 4.98 Å². The number of pyridine rings is 1. The zero-order valence-corrected chi connectivity index (χ0v) is 12.0. The van der Waals surface area contributed by atoms with E-state index in [1.165, 1.54) is 0 Å². The summed E-state index contributed by atoms with van der Waals surface area (Å²) in [6.45, 7) is 2.31. The molecule has 0 bridgehead atoms. The molecule has 1 aromatic carbocycles. The largest absolute Gasteiger partial charge is 0.489 e. The van der Waals surface area contributed by atoms with E-state index in [0.717, 1.165) is 16.9 Å². The molecule has 0 saturated heterocycles. The smallest absolute Gasteiger partial charge is 0.123 e. The fraction of sp³-hybridized carbons (Fsp3) is 0.143. The van der Waals surface area contributed by atoms with E-state index in [1.807, 2.05) is 31.2 Å². The first-order valence-corrected chi connectivity index (χ1v) is 6.49. The molecule has 0 aliphatic carbocycles. The zero-order chi connectivity index (χ0) is 13.8. The van der Waals surface area contributed by atoms with Crippen LogP contribution in [0.1, 0.15) is 16.8 Å². The van der Waals surface area contributed by atoms with Gasteiger partial charge in [0.25, 0.3) is 0 Å². The van der Waals surface area contributed by atoms with Crippen molar-refractivity contribution in [3.05, 3.63) is 58.4 Å². The minimum Gasteiger partial charge on any atom is -0.489 e. The number of hydrogen-bond donors (Lipinski definition) is 1. The molecule has 1 heterocycles. The third-order valence-corrected chi connectivity index (χ3v) is 3.07. The van der Waals surface area contributed by atoms with E-state index in [9.17, 15) is 0 Å². The first-order valence-electron chi connectivity index (χ1n) is 5.70. The summed E-state index contributed by atoms with van der Waals surface area (Å²) in [5, 5.41) is 0.690. The highest BCUT2D eigenvalue weighted by Crippen LogP contribution is 2.23. The third kappa shape index (κ3) is 3.43. The van der Waals surface area contributed by atoms with E-state index in [2.05, 4.69) is 4.98 Å². The average molecular weight is 293 g/mol. The van der Waals surface area contributed by atoms with Crippen molar-refractivity contribution in [3.8, 4) is 5.75 Å². The van der Waals surface area contributed by atoms with Gasteiger partial charge in [-0.1, -0.05) is 29.9 Å². The lowest BCUT2D eigenvalue weighted by Crippen LogP contribution is -2.15. The number of halogens is 1. The molecule has 0 saturated carbocycles. The standard InChI is InChI=1S/C14H13ClN2OS/c1-9-7-11(15)4-5-12(9)18-8-10-3-2-6-17-13(10)14(16)19/h2-7H,8H2,1H3,(H2,16,19). The van der Waals surface area contributed by atoms with Crippen LogP contribution in [0.3, 0.4) is 0 Å². The van der Waals surface area contributed by atoms with Crippen LogP contribution in [0.25, 0.3) is 0 Å². The van der Waals surface area contributed by atoms with Crippen molar-refractivity contribution >= 4 is 28.8 Å². The molecular weight excluding hydrogens is 280 g/mol. The topological polar surface area (TPSA) is 48.1 Å². The second kappa shape index (κ2) is 5.99. The molecule has 0 aliphatic heterocycles. The van der Waals surface area contributed by atoms with Crippen LogP contribution in [0.15, 0.2) is 36.5 Å². The Morgan fingerprint density at radius 1 is 1.42 bits per heavy atom. The maximum absolute atomic E-state index is 5.90. The van der Waals surface area contributed by atoms with Gasteiger partial charge >= 0.3 is 0 Å². The number of benzene rings is 1. The maximum atomic E-state index is 5.90. The van der Waals surface area contributed by atoms with Crippen LogP contribution in [0.5, 0.6) is 5.75 Å². The predicted molar refractivity (Wildman–Crippen MR) is 80.6 cm³/mol. The molecule has 1 aromatic heterocycles. The molecule has 2 aromatic rings. The summed E-state index contributed by atoms with van der Waals surface area (Å²) in [6, 6.07) is 9.21. The molecule has 0 spiro atoms. The number of nitrogens with two attached hydrogens (primary N) is 1. The summed E-state index contributed by atoms with van der Waals surface area (Å²) >= 11 is 10.9. The zero-order valence-electron chi connectivity index (χ0n) is 10.4. The highest BCUT2D eigenvalue weighted by atomic mass is 35.5. The Hall–Kier alpha value is -1.65. The number of nitrogens with zero attached hydrogens (tertiary/aromatic N) is 1. The van der Waals surface area contributed by atoms with Crippen molar-refractivity contribution in [1.29, 1.82) is 0 Å². The number of rotatable bonds is 4. The van der Waals surface area contributed by atoms with Crippen molar-refractivity contribution < 1.29 is 4.74 Å². The van der Waals surface area contributed by atoms with Gasteiger partial charge in [-0.25, -0.2) is 0 Å². The van der Waals surface area contributed by atoms with Crippen LogP contribution in [-0.4, -0.2) is 9.97 Å². The second-order valence-electron chi connectivity index (χ2n) is 4.07. The van der Waals surface area contributed by atoms with Crippen molar-refractivity contribution in [3.63, 3.8) is 0 Å². The first-order chi connectivity index (χ1) is 9.08. The average Bonchev–Trinajstić information content (AvgIpc) is 2.38. The van der Waals surface area contributed by atoms with Gasteiger partial charge in [-0.05, 0) is 36.8 Å². The molecule has 0 atom stereocenters. The molecule has 0 radical (unpaired) electrons. The third-order valence-electron chi connectivity index (χ3n) is 2.64. The number of aromatic nitrogens is 1. The summed E-state index contributed by atoms with van der Waals surface area (Å²) in [7, 11) is 0. The Labute approximate surface area is 122 Å². The first kappa shape index (κ1) is 13.8. The molecule has 0 unspecified atom stereocenters. The van der Waals surface area contributed by atoms with E-state index in [4.69, 9.17) is 34.3 Å². The Balaban J connectivity index is 2.17. The molecule has 0 amide bonds. The van der Waals surface area contributed by atoms with E-state index in [1.54, 1.807) is 12.3 Å². The maximum Gasteiger partial charge on any atom is 0.123 e. The summed E-state index contributed by atoms with van der Waals surface area (Å²) in [6.07, 6.45) is 1.66. The minimum absolute atomic E-state index is 0.270. The number of hydrogen-bond acceptors (Lipinski definition) is 3. The summed E-state index contributed by atoms with van der Waals surface area (Å²) in [5.74, 6) is 0.780. The van der Waals surface area contributed by atoms with E-state index < -0.39 is 0 Å². The predicted octanol–water partition coefficient (Wildman–Crippen LogP) is 3.26. The highest BCUT2D eigenvalue weighted by molar-refractivity contribution is 7.80. The van der Waals surface area contributed by atoms with Crippen LogP contribution in [0.2, 0.25) is 5.02 Å². The number of ether oxygens (including phenoxy) is 1. The van der Waals surface area contributed by atoms with Crippen LogP contribution < -0.4 is 10.5 Å². The highest BCUT2D eigenvalue weighted by Gasteiger charge is 2.07. The Morgan fingerprint density at radius 2 is 2.21 bits per heavy atom. The van der Waals surface area contributed by atoms with Crippen LogP contribution in [0, 0.1) is 6.92 Å². The van der Waals surface area contributed by atoms with Crippen molar-refractivity contribution in [1.82, 2.24) is 4.98 Å². The molecule has 2 rings (SSSR count). The fourth-order valence-corrected chi connectivity index (χ4v) is 2.12. The molecule has 5 heteroatoms. The van der Waals surface area contributed by atoms with Crippen LogP contribution in [0.4, 0.5) is 0 Å². The second-order valence-corrected chi connectivity index (χ2v) is 4.95. The molecular formula is C14H13ClN2OS. The van der Waals surface area contributed by atoms with Gasteiger partial charge in [0, 0.05) is 16.8 Å². The van der Waals surface area contributed by atoms with Crippen LogP contribution in [-0.2, 0) is 6.61 Å². The lowest BCUT2D eigenvalue weighted by molar-refractivity contribution is 0.303. The van der Waals surface area contributed by atoms with Crippen molar-refractivity contribution in [2.24, 2.45) is 5.73 Å². The molecule has 0 aliphatic rings. The Morgan fingerprint density at radius 3 is 2.89 bits per heavy atom. The van der Waals surface area contributed by atoms with Gasteiger partial charge < -0.3 is 10.5 Å².